The van der Waals surface area contributed by atoms with Crippen LogP contribution in [-0.4, -0.2) is 5.78 Å². The van der Waals surface area contributed by atoms with Crippen molar-refractivity contribution in [2.75, 3.05) is 0 Å². The number of ketones is 1. The van der Waals surface area contributed by atoms with Gasteiger partial charge in [0, 0.05) is 22.2 Å². The summed E-state index contributed by atoms with van der Waals surface area (Å²) in [5.41, 5.74) is 0.539. The highest BCUT2D eigenvalue weighted by molar-refractivity contribution is 9.10. The van der Waals surface area contributed by atoms with Crippen LogP contribution in [0.5, 0.6) is 0 Å². The second-order valence-electron chi connectivity index (χ2n) is 3.60. The third kappa shape index (κ3) is 6.87. The molecular formula is C17H22BrClNO+. The summed E-state index contributed by atoms with van der Waals surface area (Å²) < 4.78 is 2.67. The fourth-order valence-electron chi connectivity index (χ4n) is 1.50. The Morgan fingerprint density at radius 2 is 1.67 bits per heavy atom. The molecular weight excluding hydrogens is 350 g/mol. The number of hydrogen-bond donors (Lipinski definition) is 0. The summed E-state index contributed by atoms with van der Waals surface area (Å²) in [4.78, 5) is 12.1. The highest BCUT2D eigenvalue weighted by Gasteiger charge is 2.15. The van der Waals surface area contributed by atoms with Gasteiger partial charge in [-0.05, 0) is 18.2 Å². The molecule has 114 valence electrons. The fraction of sp³-hybridized carbons (Fsp3) is 0.294. The lowest BCUT2D eigenvalue weighted by atomic mass is 10.1. The highest BCUT2D eigenvalue weighted by atomic mass is 79.9. The van der Waals surface area contributed by atoms with Gasteiger partial charge in [0.1, 0.15) is 0 Å². The molecule has 0 N–H and O–H groups in total. The zero-order chi connectivity index (χ0) is 16.3. The van der Waals surface area contributed by atoms with Crippen LogP contribution in [0.15, 0.2) is 53.3 Å². The first kappa shape index (κ1) is 19.8. The second-order valence-corrected chi connectivity index (χ2v) is 4.92. The van der Waals surface area contributed by atoms with Crippen molar-refractivity contribution in [3.05, 3.63) is 63.9 Å². The minimum atomic E-state index is -0.00694. The lowest BCUT2D eigenvalue weighted by Gasteiger charge is -2.01. The van der Waals surface area contributed by atoms with Crippen molar-refractivity contribution in [3.8, 4) is 0 Å². The van der Waals surface area contributed by atoms with Gasteiger partial charge in [-0.1, -0.05) is 61.3 Å². The minimum Gasteiger partial charge on any atom is -0.287 e. The Hall–Kier alpha value is -1.19. The van der Waals surface area contributed by atoms with Crippen molar-refractivity contribution in [1.29, 1.82) is 0 Å². The maximum atomic E-state index is 12.1. The zero-order valence-corrected chi connectivity index (χ0v) is 15.3. The Labute approximate surface area is 140 Å². The first-order valence-corrected chi connectivity index (χ1v) is 8.26. The van der Waals surface area contributed by atoms with Gasteiger partial charge in [0.25, 0.3) is 0 Å². The molecule has 4 heteroatoms. The Morgan fingerprint density at radius 1 is 1.10 bits per heavy atom. The summed E-state index contributed by atoms with van der Waals surface area (Å²) in [5.74, 6) is -0.00694. The molecule has 2 aromatic rings. The predicted molar refractivity (Wildman–Crippen MR) is 92.8 cm³/mol. The van der Waals surface area contributed by atoms with Crippen LogP contribution in [0.2, 0.25) is 5.02 Å². The molecule has 0 bridgehead atoms. The van der Waals surface area contributed by atoms with E-state index in [4.69, 9.17) is 11.6 Å². The van der Waals surface area contributed by atoms with Gasteiger partial charge in [-0.15, -0.1) is 0 Å². The lowest BCUT2D eigenvalue weighted by molar-refractivity contribution is -0.683. The van der Waals surface area contributed by atoms with Crippen LogP contribution in [0.4, 0.5) is 0 Å². The molecule has 0 saturated heterocycles. The summed E-state index contributed by atoms with van der Waals surface area (Å²) in [5, 5.41) is 0.481. The Morgan fingerprint density at radius 3 is 2.24 bits per heavy atom. The number of carbonyl (C=O) groups is 1. The monoisotopic (exact) mass is 370 g/mol. The SMILES string of the molecule is CC.CC.O=C(C[n+]1ccccc1)c1cc(Br)ccc1Cl. The van der Waals surface area contributed by atoms with Crippen LogP contribution in [0.25, 0.3) is 0 Å². The molecule has 1 aromatic carbocycles. The van der Waals surface area contributed by atoms with Crippen LogP contribution in [0.3, 0.4) is 0 Å². The molecule has 2 nitrogen and oxygen atoms in total. The number of Topliss-reactive ketones (excluding diaryl/α,β-unsaturated/α-hetero) is 1. The number of hydrogen-bond acceptors (Lipinski definition) is 1. The molecule has 2 rings (SSSR count). The maximum Gasteiger partial charge on any atom is 0.229 e. The standard InChI is InChI=1S/C13H10BrClNO.2C2H6/c14-10-4-5-12(15)11(8-10)13(17)9-16-6-2-1-3-7-16;2*1-2/h1-8H,9H2;2*1-2H3/q+1;;. The van der Waals surface area contributed by atoms with Crippen LogP contribution in [0.1, 0.15) is 38.1 Å². The maximum absolute atomic E-state index is 12.1. The highest BCUT2D eigenvalue weighted by Crippen LogP contribution is 2.21. The van der Waals surface area contributed by atoms with Gasteiger partial charge in [0.05, 0.1) is 5.02 Å². The molecule has 0 spiro atoms. The van der Waals surface area contributed by atoms with Gasteiger partial charge in [0.15, 0.2) is 12.4 Å². The van der Waals surface area contributed by atoms with Gasteiger partial charge in [-0.3, -0.25) is 4.79 Å². The van der Waals surface area contributed by atoms with Crippen molar-refractivity contribution in [3.63, 3.8) is 0 Å². The molecule has 1 aromatic heterocycles. The van der Waals surface area contributed by atoms with Crippen LogP contribution in [-0.2, 0) is 6.54 Å². The quantitative estimate of drug-likeness (QED) is 0.528. The molecule has 0 saturated carbocycles. The molecule has 0 amide bonds. The van der Waals surface area contributed by atoms with Gasteiger partial charge in [-0.2, -0.15) is 4.57 Å². The molecule has 0 unspecified atom stereocenters. The molecule has 0 aliphatic heterocycles. The van der Waals surface area contributed by atoms with Crippen molar-refractivity contribution in [2.24, 2.45) is 0 Å². The molecule has 1 heterocycles. The Kier molecular flexibility index (Phi) is 10.8. The van der Waals surface area contributed by atoms with E-state index in [1.165, 1.54) is 0 Å². The van der Waals surface area contributed by atoms with Gasteiger partial charge in [0.2, 0.25) is 12.3 Å². The number of carbonyl (C=O) groups excluding carboxylic acids is 1. The number of nitrogens with zero attached hydrogens (tertiary/aromatic N) is 1. The normalized spacial score (nSPS) is 8.86. The summed E-state index contributed by atoms with van der Waals surface area (Å²) in [6.07, 6.45) is 3.70. The minimum absolute atomic E-state index is 0.00694. The smallest absolute Gasteiger partial charge is 0.229 e. The molecule has 0 fully saturated rings. The van der Waals surface area contributed by atoms with E-state index in [0.29, 0.717) is 10.6 Å². The van der Waals surface area contributed by atoms with E-state index in [0.717, 1.165) is 4.47 Å². The van der Waals surface area contributed by atoms with E-state index in [2.05, 4.69) is 15.9 Å². The number of aromatic nitrogens is 1. The topological polar surface area (TPSA) is 20.9 Å². The van der Waals surface area contributed by atoms with E-state index in [1.54, 1.807) is 12.1 Å². The van der Waals surface area contributed by atoms with Crippen molar-refractivity contribution >= 4 is 33.3 Å². The van der Waals surface area contributed by atoms with Crippen LogP contribution >= 0.6 is 27.5 Å². The average Bonchev–Trinajstić information content (AvgIpc) is 2.54. The Balaban J connectivity index is 0.000000921. The summed E-state index contributed by atoms with van der Waals surface area (Å²) in [7, 11) is 0. The second kappa shape index (κ2) is 11.5. The molecule has 0 atom stereocenters. The van der Waals surface area contributed by atoms with E-state index >= 15 is 0 Å². The predicted octanol–water partition coefficient (Wildman–Crippen LogP) is 5.33. The summed E-state index contributed by atoms with van der Waals surface area (Å²) >= 11 is 9.34. The summed E-state index contributed by atoms with van der Waals surface area (Å²) in [6, 6.07) is 11.0. The van der Waals surface area contributed by atoms with E-state index < -0.39 is 0 Å². The first-order valence-electron chi connectivity index (χ1n) is 7.09. The first-order chi connectivity index (χ1) is 10.2. The van der Waals surface area contributed by atoms with Crippen molar-refractivity contribution in [2.45, 2.75) is 34.2 Å². The van der Waals surface area contributed by atoms with E-state index in [-0.39, 0.29) is 12.3 Å². The average molecular weight is 372 g/mol. The van der Waals surface area contributed by atoms with Crippen LogP contribution < -0.4 is 4.57 Å². The van der Waals surface area contributed by atoms with Gasteiger partial charge >= 0.3 is 0 Å². The molecule has 0 radical (unpaired) electrons. The molecule has 21 heavy (non-hydrogen) atoms. The Bertz CT molecular complexity index is 544. The third-order valence-electron chi connectivity index (χ3n) is 2.33. The van der Waals surface area contributed by atoms with Gasteiger partial charge < -0.3 is 0 Å². The van der Waals surface area contributed by atoms with Crippen LogP contribution in [0, 0.1) is 0 Å². The zero-order valence-electron chi connectivity index (χ0n) is 12.9. The van der Waals surface area contributed by atoms with E-state index in [1.807, 2.05) is 68.9 Å². The van der Waals surface area contributed by atoms with Crippen molar-refractivity contribution < 1.29 is 9.36 Å². The molecule has 0 aliphatic carbocycles. The fourth-order valence-corrected chi connectivity index (χ4v) is 2.09. The number of rotatable bonds is 3. The number of benzene rings is 1. The third-order valence-corrected chi connectivity index (χ3v) is 3.16. The molecule has 0 aliphatic rings. The number of pyridine rings is 1. The lowest BCUT2D eigenvalue weighted by Crippen LogP contribution is -2.36. The van der Waals surface area contributed by atoms with Crippen molar-refractivity contribution in [1.82, 2.24) is 0 Å². The van der Waals surface area contributed by atoms with Gasteiger partial charge in [-0.25, -0.2) is 0 Å². The largest absolute Gasteiger partial charge is 0.287 e. The summed E-state index contributed by atoms with van der Waals surface area (Å²) in [6.45, 7) is 8.29. The number of halogens is 2. The van der Waals surface area contributed by atoms with E-state index in [9.17, 15) is 4.79 Å².